The van der Waals surface area contributed by atoms with E-state index in [4.69, 9.17) is 9.47 Å². The molecule has 106 valence electrons. The lowest BCUT2D eigenvalue weighted by molar-refractivity contribution is -0.140. The Morgan fingerprint density at radius 3 is 2.90 bits per heavy atom. The van der Waals surface area contributed by atoms with Gasteiger partial charge in [0.15, 0.2) is 11.6 Å². The van der Waals surface area contributed by atoms with E-state index < -0.39 is 5.54 Å². The first-order valence-corrected chi connectivity index (χ1v) is 7.64. The SMILES string of the molecule is O=C1OC(C2CC3=C(C=CCC3)O2)=NC12CCCCC2. The lowest BCUT2D eigenvalue weighted by Crippen LogP contribution is -2.35. The third-order valence-corrected chi connectivity index (χ3v) is 4.79. The molecule has 2 aliphatic carbocycles. The second kappa shape index (κ2) is 4.47. The third-order valence-electron chi connectivity index (χ3n) is 4.79. The molecule has 0 N–H and O–H groups in total. The minimum atomic E-state index is -0.587. The normalized spacial score (nSPS) is 31.1. The van der Waals surface area contributed by atoms with Crippen molar-refractivity contribution < 1.29 is 14.3 Å². The monoisotopic (exact) mass is 273 g/mol. The molecule has 2 aliphatic heterocycles. The van der Waals surface area contributed by atoms with Crippen LogP contribution in [0.3, 0.4) is 0 Å². The van der Waals surface area contributed by atoms with Gasteiger partial charge >= 0.3 is 5.97 Å². The average molecular weight is 273 g/mol. The van der Waals surface area contributed by atoms with Crippen molar-refractivity contribution in [1.82, 2.24) is 0 Å². The maximum absolute atomic E-state index is 12.2. The Hall–Kier alpha value is -1.58. The van der Waals surface area contributed by atoms with Gasteiger partial charge in [-0.15, -0.1) is 0 Å². The van der Waals surface area contributed by atoms with Crippen LogP contribution in [-0.4, -0.2) is 23.5 Å². The zero-order chi connectivity index (χ0) is 13.6. The van der Waals surface area contributed by atoms with E-state index in [1.807, 2.05) is 6.08 Å². The van der Waals surface area contributed by atoms with Crippen LogP contribution in [0.2, 0.25) is 0 Å². The highest BCUT2D eigenvalue weighted by molar-refractivity contribution is 6.02. The Bertz CT molecular complexity index is 538. The highest BCUT2D eigenvalue weighted by Crippen LogP contribution is 2.40. The molecule has 20 heavy (non-hydrogen) atoms. The van der Waals surface area contributed by atoms with Crippen molar-refractivity contribution in [1.29, 1.82) is 0 Å². The topological polar surface area (TPSA) is 47.9 Å². The number of allylic oxidation sites excluding steroid dienone is 2. The molecule has 1 unspecified atom stereocenters. The molecule has 0 saturated heterocycles. The molecule has 0 aromatic carbocycles. The van der Waals surface area contributed by atoms with Gasteiger partial charge in [-0.2, -0.15) is 0 Å². The van der Waals surface area contributed by atoms with Crippen molar-refractivity contribution in [2.24, 2.45) is 4.99 Å². The van der Waals surface area contributed by atoms with Gasteiger partial charge < -0.3 is 9.47 Å². The maximum atomic E-state index is 12.2. The third kappa shape index (κ3) is 1.81. The summed E-state index contributed by atoms with van der Waals surface area (Å²) < 4.78 is 11.4. The summed E-state index contributed by atoms with van der Waals surface area (Å²) in [6, 6.07) is 0. The number of hydrogen-bond acceptors (Lipinski definition) is 4. The minimum absolute atomic E-state index is 0.156. The van der Waals surface area contributed by atoms with E-state index in [2.05, 4.69) is 11.1 Å². The first kappa shape index (κ1) is 12.2. The second-order valence-corrected chi connectivity index (χ2v) is 6.15. The van der Waals surface area contributed by atoms with E-state index in [9.17, 15) is 4.79 Å². The largest absolute Gasteiger partial charge is 0.480 e. The predicted octanol–water partition coefficient (Wildman–Crippen LogP) is 3.04. The number of carbonyl (C=O) groups is 1. The van der Waals surface area contributed by atoms with Gasteiger partial charge in [-0.25, -0.2) is 9.79 Å². The summed E-state index contributed by atoms with van der Waals surface area (Å²) in [6.45, 7) is 0. The first-order valence-electron chi connectivity index (χ1n) is 7.64. The summed E-state index contributed by atoms with van der Waals surface area (Å²) in [5.41, 5.74) is 0.747. The summed E-state index contributed by atoms with van der Waals surface area (Å²) in [5, 5.41) is 0. The zero-order valence-corrected chi connectivity index (χ0v) is 11.6. The molecule has 4 aliphatic rings. The molecule has 2 heterocycles. The number of carbonyl (C=O) groups excluding carboxylic acids is 1. The molecule has 0 amide bonds. The van der Waals surface area contributed by atoms with E-state index in [-0.39, 0.29) is 12.1 Å². The Morgan fingerprint density at radius 2 is 2.10 bits per heavy atom. The van der Waals surface area contributed by atoms with E-state index >= 15 is 0 Å². The smallest absolute Gasteiger partial charge is 0.340 e. The van der Waals surface area contributed by atoms with Crippen molar-refractivity contribution in [3.63, 3.8) is 0 Å². The summed E-state index contributed by atoms with van der Waals surface area (Å²) >= 11 is 0. The predicted molar refractivity (Wildman–Crippen MR) is 74.2 cm³/mol. The number of hydrogen-bond donors (Lipinski definition) is 0. The summed E-state index contributed by atoms with van der Waals surface area (Å²) in [4.78, 5) is 16.9. The van der Waals surface area contributed by atoms with E-state index in [1.54, 1.807) is 0 Å². The Balaban J connectivity index is 1.54. The standard InChI is InChI=1S/C16H19NO3/c18-15-16(8-4-1-5-9-16)17-14(20-15)13-10-11-6-2-3-7-12(11)19-13/h3,7,13H,1-2,4-6,8-10H2. The van der Waals surface area contributed by atoms with Gasteiger partial charge in [0.1, 0.15) is 5.76 Å². The van der Waals surface area contributed by atoms with Crippen LogP contribution in [0.25, 0.3) is 0 Å². The first-order chi connectivity index (χ1) is 9.77. The molecule has 0 aromatic rings. The van der Waals surface area contributed by atoms with Gasteiger partial charge in [0, 0.05) is 6.42 Å². The van der Waals surface area contributed by atoms with Crippen LogP contribution < -0.4 is 0 Å². The fraction of sp³-hybridized carbons (Fsp3) is 0.625. The van der Waals surface area contributed by atoms with Crippen LogP contribution >= 0.6 is 0 Å². The highest BCUT2D eigenvalue weighted by Gasteiger charge is 2.49. The lowest BCUT2D eigenvalue weighted by atomic mass is 9.83. The summed E-state index contributed by atoms with van der Waals surface area (Å²) in [7, 11) is 0. The molecule has 0 bridgehead atoms. The van der Waals surface area contributed by atoms with Crippen molar-refractivity contribution in [2.45, 2.75) is 63.0 Å². The van der Waals surface area contributed by atoms with Crippen molar-refractivity contribution in [3.8, 4) is 0 Å². The number of cyclic esters (lactones) is 1. The van der Waals surface area contributed by atoms with Gasteiger partial charge in [0.05, 0.1) is 0 Å². The molecule has 4 heteroatoms. The van der Waals surface area contributed by atoms with Crippen LogP contribution in [0.15, 0.2) is 28.5 Å². The van der Waals surface area contributed by atoms with E-state index in [0.29, 0.717) is 5.90 Å². The van der Waals surface area contributed by atoms with Gasteiger partial charge in [0.2, 0.25) is 5.90 Å². The van der Waals surface area contributed by atoms with Crippen LogP contribution in [-0.2, 0) is 14.3 Å². The number of rotatable bonds is 1. The van der Waals surface area contributed by atoms with Gasteiger partial charge in [0.25, 0.3) is 0 Å². The van der Waals surface area contributed by atoms with E-state index in [1.165, 1.54) is 12.0 Å². The van der Waals surface area contributed by atoms with Crippen LogP contribution in [0.4, 0.5) is 0 Å². The van der Waals surface area contributed by atoms with Crippen LogP contribution in [0.1, 0.15) is 51.4 Å². The molecular formula is C16H19NO3. The molecular weight excluding hydrogens is 254 g/mol. The Labute approximate surface area is 118 Å². The molecule has 1 atom stereocenters. The lowest BCUT2D eigenvalue weighted by Gasteiger charge is -2.25. The Morgan fingerprint density at radius 1 is 1.25 bits per heavy atom. The molecule has 1 saturated carbocycles. The maximum Gasteiger partial charge on any atom is 0.340 e. The van der Waals surface area contributed by atoms with Gasteiger partial charge in [-0.3, -0.25) is 0 Å². The number of aliphatic imine (C=N–C) groups is 1. The van der Waals surface area contributed by atoms with Gasteiger partial charge in [-0.05, 0) is 37.3 Å². The molecule has 1 spiro atoms. The molecule has 0 radical (unpaired) electrons. The fourth-order valence-electron chi connectivity index (χ4n) is 3.63. The average Bonchev–Trinajstić information content (AvgIpc) is 3.03. The highest BCUT2D eigenvalue weighted by atomic mass is 16.6. The number of nitrogens with zero attached hydrogens (tertiary/aromatic N) is 1. The summed E-state index contributed by atoms with van der Waals surface area (Å²) in [5.74, 6) is 1.32. The fourth-order valence-corrected chi connectivity index (χ4v) is 3.63. The van der Waals surface area contributed by atoms with Crippen LogP contribution in [0.5, 0.6) is 0 Å². The van der Waals surface area contributed by atoms with Crippen LogP contribution in [0, 0.1) is 0 Å². The number of ether oxygens (including phenoxy) is 2. The van der Waals surface area contributed by atoms with Crippen molar-refractivity contribution >= 4 is 11.9 Å². The quantitative estimate of drug-likeness (QED) is 0.690. The molecule has 1 fully saturated rings. The minimum Gasteiger partial charge on any atom is -0.480 e. The van der Waals surface area contributed by atoms with E-state index in [0.717, 1.165) is 50.7 Å². The summed E-state index contributed by atoms with van der Waals surface area (Å²) in [6.07, 6.45) is 11.9. The second-order valence-electron chi connectivity index (χ2n) is 6.15. The van der Waals surface area contributed by atoms with Crippen molar-refractivity contribution in [2.75, 3.05) is 0 Å². The molecule has 0 aromatic heterocycles. The Kier molecular flexibility index (Phi) is 2.72. The molecule has 4 nitrogen and oxygen atoms in total. The number of esters is 1. The molecule has 4 rings (SSSR count). The zero-order valence-electron chi connectivity index (χ0n) is 11.6. The van der Waals surface area contributed by atoms with Gasteiger partial charge in [-0.1, -0.05) is 25.3 Å². The van der Waals surface area contributed by atoms with Crippen molar-refractivity contribution in [3.05, 3.63) is 23.5 Å².